The maximum absolute atomic E-state index is 12.8. The second-order valence-corrected chi connectivity index (χ2v) is 8.39. The van der Waals surface area contributed by atoms with Gasteiger partial charge in [0.1, 0.15) is 11.8 Å². The van der Waals surface area contributed by atoms with E-state index < -0.39 is 28.6 Å². The molecule has 1 heterocycles. The molecule has 0 aromatic heterocycles. The number of sulfonamides is 1. The number of methoxy groups -OCH3 is 1. The topological polar surface area (TPSA) is 99.2 Å². The molecule has 3 rings (SSSR count). The minimum Gasteiger partial charge on any atom is -0.497 e. The Bertz CT molecular complexity index is 911. The summed E-state index contributed by atoms with van der Waals surface area (Å²) in [4.78, 5) is 16.5. The Morgan fingerprint density at radius 3 is 2.24 bits per heavy atom. The summed E-state index contributed by atoms with van der Waals surface area (Å²) in [6.45, 7) is 1.56. The van der Waals surface area contributed by atoms with Crippen molar-refractivity contribution in [2.75, 3.05) is 44.8 Å². The summed E-state index contributed by atoms with van der Waals surface area (Å²) in [5, 5.41) is 9.64. The summed E-state index contributed by atoms with van der Waals surface area (Å²) in [5.74, 6) is 0.0901. The van der Waals surface area contributed by atoms with Crippen molar-refractivity contribution >= 4 is 21.6 Å². The molecular formula is C20H25N3O5S. The number of ether oxygens (including phenoxy) is 1. The number of rotatable bonds is 7. The fraction of sp³-hybridized carbons (Fsp3) is 0.350. The molecule has 29 heavy (non-hydrogen) atoms. The first-order valence-corrected chi connectivity index (χ1v) is 10.8. The van der Waals surface area contributed by atoms with Gasteiger partial charge in [0.15, 0.2) is 0 Å². The largest absolute Gasteiger partial charge is 0.497 e. The number of aliphatic hydroxyl groups excluding tert-OH is 1. The minimum atomic E-state index is -3.96. The van der Waals surface area contributed by atoms with Crippen LogP contribution in [0.4, 0.5) is 5.69 Å². The van der Waals surface area contributed by atoms with Crippen molar-refractivity contribution in [2.24, 2.45) is 0 Å². The quantitative estimate of drug-likeness (QED) is 0.685. The van der Waals surface area contributed by atoms with E-state index in [2.05, 4.69) is 9.62 Å². The van der Waals surface area contributed by atoms with Gasteiger partial charge >= 0.3 is 0 Å². The van der Waals surface area contributed by atoms with E-state index in [4.69, 9.17) is 4.74 Å². The first-order chi connectivity index (χ1) is 13.9. The molecule has 2 N–H and O–H groups in total. The van der Waals surface area contributed by atoms with Crippen LogP contribution in [0, 0.1) is 0 Å². The van der Waals surface area contributed by atoms with Crippen molar-refractivity contribution < 1.29 is 23.1 Å². The van der Waals surface area contributed by atoms with E-state index in [1.807, 2.05) is 30.3 Å². The predicted molar refractivity (Wildman–Crippen MR) is 109 cm³/mol. The number of hydrogen-bond donors (Lipinski definition) is 2. The molecule has 2 aromatic carbocycles. The Morgan fingerprint density at radius 2 is 1.69 bits per heavy atom. The number of aliphatic hydroxyl groups is 1. The minimum absolute atomic E-state index is 0.00144. The van der Waals surface area contributed by atoms with Gasteiger partial charge in [-0.15, -0.1) is 0 Å². The third kappa shape index (κ3) is 5.06. The van der Waals surface area contributed by atoms with E-state index in [-0.39, 0.29) is 4.90 Å². The average Bonchev–Trinajstić information content (AvgIpc) is 2.78. The zero-order chi connectivity index (χ0) is 20.9. The van der Waals surface area contributed by atoms with Crippen LogP contribution in [0.3, 0.4) is 0 Å². The Labute approximate surface area is 170 Å². The van der Waals surface area contributed by atoms with Crippen LogP contribution in [0.1, 0.15) is 0 Å². The maximum Gasteiger partial charge on any atom is 0.243 e. The van der Waals surface area contributed by atoms with Gasteiger partial charge in [-0.1, -0.05) is 18.2 Å². The van der Waals surface area contributed by atoms with E-state index in [0.717, 1.165) is 5.69 Å². The third-order valence-electron chi connectivity index (χ3n) is 4.86. The monoisotopic (exact) mass is 419 g/mol. The second-order valence-electron chi connectivity index (χ2n) is 6.68. The zero-order valence-electron chi connectivity index (χ0n) is 16.2. The van der Waals surface area contributed by atoms with Gasteiger partial charge in [0, 0.05) is 31.9 Å². The van der Waals surface area contributed by atoms with E-state index >= 15 is 0 Å². The highest BCUT2D eigenvalue weighted by Crippen LogP contribution is 2.18. The van der Waals surface area contributed by atoms with Crippen molar-refractivity contribution in [1.82, 2.24) is 9.62 Å². The van der Waals surface area contributed by atoms with Gasteiger partial charge < -0.3 is 19.6 Å². The molecular weight excluding hydrogens is 394 g/mol. The number of nitrogens with zero attached hydrogens (tertiary/aromatic N) is 2. The van der Waals surface area contributed by atoms with Crippen molar-refractivity contribution in [1.29, 1.82) is 0 Å². The van der Waals surface area contributed by atoms with Crippen molar-refractivity contribution in [2.45, 2.75) is 10.9 Å². The molecule has 0 bridgehead atoms. The summed E-state index contributed by atoms with van der Waals surface area (Å²) >= 11 is 0. The highest BCUT2D eigenvalue weighted by atomic mass is 32.2. The predicted octanol–water partition coefficient (Wildman–Crippen LogP) is 0.683. The highest BCUT2D eigenvalue weighted by molar-refractivity contribution is 7.89. The lowest BCUT2D eigenvalue weighted by atomic mass is 10.2. The molecule has 1 atom stereocenters. The Morgan fingerprint density at radius 1 is 1.07 bits per heavy atom. The molecule has 0 aliphatic carbocycles. The number of piperazine rings is 1. The van der Waals surface area contributed by atoms with Crippen LogP contribution >= 0.6 is 0 Å². The van der Waals surface area contributed by atoms with Crippen LogP contribution in [-0.2, 0) is 14.8 Å². The van der Waals surface area contributed by atoms with E-state index in [1.54, 1.807) is 4.90 Å². The number of carbonyl (C=O) groups excluding carboxylic acids is 1. The van der Waals surface area contributed by atoms with Crippen LogP contribution in [0.25, 0.3) is 0 Å². The van der Waals surface area contributed by atoms with Crippen molar-refractivity contribution in [3.63, 3.8) is 0 Å². The van der Waals surface area contributed by atoms with Gasteiger partial charge in [-0.2, -0.15) is 4.72 Å². The number of para-hydroxylation sites is 1. The molecule has 2 aromatic rings. The number of nitrogens with one attached hydrogen (secondary N) is 1. The molecule has 156 valence electrons. The SMILES string of the molecule is COc1ccc(S(=O)(=O)N[C@@H](CO)C(=O)N2CCN(c3ccccc3)CC2)cc1. The number of hydrogen-bond acceptors (Lipinski definition) is 6. The van der Waals surface area contributed by atoms with Crippen LogP contribution in [0.5, 0.6) is 5.75 Å². The van der Waals surface area contributed by atoms with Crippen molar-refractivity contribution in [3.8, 4) is 5.75 Å². The lowest BCUT2D eigenvalue weighted by Crippen LogP contribution is -2.56. The molecule has 0 unspecified atom stereocenters. The van der Waals surface area contributed by atoms with Gasteiger partial charge in [0.05, 0.1) is 18.6 Å². The van der Waals surface area contributed by atoms with E-state index in [0.29, 0.717) is 31.9 Å². The molecule has 1 amide bonds. The maximum atomic E-state index is 12.8. The lowest BCUT2D eigenvalue weighted by molar-refractivity contribution is -0.134. The van der Waals surface area contributed by atoms with E-state index in [9.17, 15) is 18.3 Å². The number of anilines is 1. The number of carbonyl (C=O) groups is 1. The summed E-state index contributed by atoms with van der Waals surface area (Å²) < 4.78 is 32.5. The molecule has 0 spiro atoms. The molecule has 0 radical (unpaired) electrons. The summed E-state index contributed by atoms with van der Waals surface area (Å²) in [6.07, 6.45) is 0. The van der Waals surface area contributed by atoms with Gasteiger partial charge in [-0.05, 0) is 36.4 Å². The molecule has 9 heteroatoms. The summed E-state index contributed by atoms with van der Waals surface area (Å²) in [7, 11) is -2.47. The Kier molecular flexibility index (Phi) is 6.73. The van der Waals surface area contributed by atoms with Gasteiger partial charge in [-0.25, -0.2) is 8.42 Å². The fourth-order valence-electron chi connectivity index (χ4n) is 3.22. The van der Waals surface area contributed by atoms with Crippen LogP contribution < -0.4 is 14.4 Å². The Balaban J connectivity index is 1.63. The molecule has 1 aliphatic rings. The van der Waals surface area contributed by atoms with Crippen LogP contribution in [0.15, 0.2) is 59.5 Å². The molecule has 8 nitrogen and oxygen atoms in total. The fourth-order valence-corrected chi connectivity index (χ4v) is 4.40. The second kappa shape index (κ2) is 9.25. The van der Waals surface area contributed by atoms with Gasteiger partial charge in [-0.3, -0.25) is 4.79 Å². The molecule has 1 saturated heterocycles. The normalized spacial score (nSPS) is 15.8. The molecule has 1 fully saturated rings. The standard InChI is InChI=1S/C20H25N3O5S/c1-28-17-7-9-18(10-8-17)29(26,27)21-19(15-24)20(25)23-13-11-22(12-14-23)16-5-3-2-4-6-16/h2-10,19,21,24H,11-15H2,1H3/t19-/m0/s1. The molecule has 0 saturated carbocycles. The van der Waals surface area contributed by atoms with Crippen LogP contribution in [0.2, 0.25) is 0 Å². The zero-order valence-corrected chi connectivity index (χ0v) is 17.0. The highest BCUT2D eigenvalue weighted by Gasteiger charge is 2.30. The number of benzene rings is 2. The average molecular weight is 420 g/mol. The summed E-state index contributed by atoms with van der Waals surface area (Å²) in [5.41, 5.74) is 1.08. The van der Waals surface area contributed by atoms with E-state index in [1.165, 1.54) is 31.4 Å². The Hall–Kier alpha value is -2.62. The van der Waals surface area contributed by atoms with Crippen molar-refractivity contribution in [3.05, 3.63) is 54.6 Å². The summed E-state index contributed by atoms with van der Waals surface area (Å²) in [6, 6.07) is 14.5. The van der Waals surface area contributed by atoms with Gasteiger partial charge in [0.25, 0.3) is 0 Å². The van der Waals surface area contributed by atoms with Crippen LogP contribution in [-0.4, -0.2) is 70.3 Å². The third-order valence-corrected chi connectivity index (χ3v) is 6.35. The van der Waals surface area contributed by atoms with Gasteiger partial charge in [0.2, 0.25) is 15.9 Å². The molecule has 1 aliphatic heterocycles. The smallest absolute Gasteiger partial charge is 0.243 e. The number of amides is 1. The first kappa shape index (κ1) is 21.1. The lowest BCUT2D eigenvalue weighted by Gasteiger charge is -2.37. The first-order valence-electron chi connectivity index (χ1n) is 9.30.